The molecule has 3 aromatic carbocycles. The Bertz CT molecular complexity index is 718. The monoisotopic (exact) mass is 420 g/mol. The minimum atomic E-state index is -2.56. The predicted molar refractivity (Wildman–Crippen MR) is 132 cm³/mol. The molecule has 152 valence electrons. The van der Waals surface area contributed by atoms with E-state index in [1.807, 2.05) is 0 Å². The summed E-state index contributed by atoms with van der Waals surface area (Å²) in [4.78, 5) is 0. The minimum absolute atomic E-state index is 0.469. The van der Waals surface area contributed by atoms with Gasteiger partial charge in [-0.15, -0.1) is 0 Å². The molecule has 0 unspecified atom stereocenters. The molecule has 3 aromatic rings. The molecule has 0 aliphatic heterocycles. The predicted octanol–water partition coefficient (Wildman–Crippen LogP) is 5.67. The lowest BCUT2D eigenvalue weighted by molar-refractivity contribution is 0.627. The van der Waals surface area contributed by atoms with Crippen LogP contribution in [0.2, 0.25) is 0 Å². The second-order valence-electron chi connectivity index (χ2n) is 7.51. The maximum absolute atomic E-state index is 7.40. The van der Waals surface area contributed by atoms with Crippen molar-refractivity contribution in [3.8, 4) is 0 Å². The summed E-state index contributed by atoms with van der Waals surface area (Å²) in [6, 6.07) is 32.9. The summed E-state index contributed by atoms with van der Waals surface area (Å²) in [6.45, 7) is 4.56. The van der Waals surface area contributed by atoms with Gasteiger partial charge >= 0.3 is 0 Å². The molecule has 0 N–H and O–H groups in total. The van der Waals surface area contributed by atoms with Crippen molar-refractivity contribution in [2.24, 2.45) is 0 Å². The molecule has 0 radical (unpaired) electrons. The van der Waals surface area contributed by atoms with E-state index in [4.69, 9.17) is 4.21 Å². The highest BCUT2D eigenvalue weighted by Gasteiger charge is 2.43. The summed E-state index contributed by atoms with van der Waals surface area (Å²) in [6.07, 6.45) is 7.35. The molecule has 1 nitrogen and oxygen atoms in total. The summed E-state index contributed by atoms with van der Waals surface area (Å²) in [7, 11) is -3.03. The Balaban J connectivity index is 2.15. The molecule has 0 aromatic heterocycles. The van der Waals surface area contributed by atoms with E-state index in [1.54, 1.807) is 0 Å². The van der Waals surface area contributed by atoms with Gasteiger partial charge in [0.2, 0.25) is 0 Å². The van der Waals surface area contributed by atoms with E-state index in [-0.39, 0.29) is 0 Å². The van der Waals surface area contributed by atoms with Gasteiger partial charge in [-0.3, -0.25) is 0 Å². The standard InChI is InChI=1S/C26H33OPSi/c1-3-5-22-28(23-6-4-2)27-29(24-16-10-7-11-17-24,25-18-12-8-13-19-25)26-20-14-9-15-21-26/h7-21H,3-6,22-23H2,1-2H3. The second kappa shape index (κ2) is 11.5. The normalized spacial score (nSPS) is 11.7. The number of rotatable bonds is 11. The lowest BCUT2D eigenvalue weighted by Crippen LogP contribution is -2.68. The molecule has 0 spiro atoms. The van der Waals surface area contributed by atoms with Crippen molar-refractivity contribution >= 4 is 32.0 Å². The zero-order valence-corrected chi connectivity index (χ0v) is 19.7. The Morgan fingerprint density at radius 2 is 0.931 bits per heavy atom. The summed E-state index contributed by atoms with van der Waals surface area (Å²) in [5.41, 5.74) is 0. The molecular weight excluding hydrogens is 387 g/mol. The minimum Gasteiger partial charge on any atom is -0.382 e. The summed E-state index contributed by atoms with van der Waals surface area (Å²) < 4.78 is 7.40. The van der Waals surface area contributed by atoms with Crippen molar-refractivity contribution in [2.75, 3.05) is 12.3 Å². The second-order valence-corrected chi connectivity index (χ2v) is 13.2. The van der Waals surface area contributed by atoms with Crippen molar-refractivity contribution in [3.05, 3.63) is 91.0 Å². The molecule has 0 aliphatic carbocycles. The van der Waals surface area contributed by atoms with E-state index in [9.17, 15) is 0 Å². The zero-order valence-electron chi connectivity index (χ0n) is 17.8. The fourth-order valence-corrected chi connectivity index (χ4v) is 11.8. The Hall–Kier alpha value is -1.73. The molecule has 0 aliphatic rings. The zero-order chi connectivity index (χ0) is 20.4. The molecule has 0 fully saturated rings. The molecule has 0 saturated heterocycles. The number of benzene rings is 3. The molecule has 0 amide bonds. The molecular formula is C26H33OPSi. The molecule has 0 atom stereocenters. The van der Waals surface area contributed by atoms with Crippen molar-refractivity contribution in [1.29, 1.82) is 0 Å². The van der Waals surface area contributed by atoms with Gasteiger partial charge in [-0.1, -0.05) is 118 Å². The maximum Gasteiger partial charge on any atom is 0.292 e. The lowest BCUT2D eigenvalue weighted by Gasteiger charge is -2.36. The van der Waals surface area contributed by atoms with E-state index in [2.05, 4.69) is 105 Å². The van der Waals surface area contributed by atoms with Crippen LogP contribution in [0.15, 0.2) is 91.0 Å². The van der Waals surface area contributed by atoms with Crippen molar-refractivity contribution in [2.45, 2.75) is 39.5 Å². The van der Waals surface area contributed by atoms with Gasteiger partial charge in [0.1, 0.15) is 0 Å². The first-order valence-electron chi connectivity index (χ1n) is 10.9. The van der Waals surface area contributed by atoms with Crippen LogP contribution in [0.4, 0.5) is 0 Å². The van der Waals surface area contributed by atoms with Gasteiger partial charge in [-0.2, -0.15) is 0 Å². The molecule has 3 heteroatoms. The topological polar surface area (TPSA) is 9.23 Å². The molecule has 0 heterocycles. The highest BCUT2D eigenvalue weighted by Crippen LogP contribution is 2.42. The Morgan fingerprint density at radius 1 is 0.586 bits per heavy atom. The first kappa shape index (κ1) is 22.0. The van der Waals surface area contributed by atoms with Crippen LogP contribution in [-0.2, 0) is 4.21 Å². The summed E-state index contributed by atoms with van der Waals surface area (Å²) in [5.74, 6) is 0. The molecule has 29 heavy (non-hydrogen) atoms. The average molecular weight is 421 g/mol. The van der Waals surface area contributed by atoms with Crippen LogP contribution < -0.4 is 15.6 Å². The van der Waals surface area contributed by atoms with Crippen LogP contribution in [0.25, 0.3) is 0 Å². The smallest absolute Gasteiger partial charge is 0.292 e. The van der Waals surface area contributed by atoms with E-state index in [0.29, 0.717) is 0 Å². The van der Waals surface area contributed by atoms with Crippen molar-refractivity contribution < 1.29 is 4.21 Å². The highest BCUT2D eigenvalue weighted by atomic mass is 31.1. The number of hydrogen-bond acceptors (Lipinski definition) is 1. The van der Waals surface area contributed by atoms with Crippen molar-refractivity contribution in [1.82, 2.24) is 0 Å². The molecule has 0 saturated carbocycles. The van der Waals surface area contributed by atoms with Gasteiger partial charge in [-0.05, 0) is 40.7 Å². The quantitative estimate of drug-likeness (QED) is 0.221. The lowest BCUT2D eigenvalue weighted by atomic mass is 10.3. The maximum atomic E-state index is 7.40. The Kier molecular flexibility index (Phi) is 8.67. The van der Waals surface area contributed by atoms with Crippen LogP contribution >= 0.6 is 8.15 Å². The van der Waals surface area contributed by atoms with Gasteiger partial charge in [0.05, 0.1) is 0 Å². The third kappa shape index (κ3) is 5.45. The largest absolute Gasteiger partial charge is 0.382 e. The SMILES string of the molecule is CCCCP(CCCC)O[Si](c1ccccc1)(c1ccccc1)c1ccccc1. The van der Waals surface area contributed by atoms with Crippen LogP contribution in [0.5, 0.6) is 0 Å². The average Bonchev–Trinajstić information content (AvgIpc) is 2.80. The van der Waals surface area contributed by atoms with E-state index < -0.39 is 16.5 Å². The fraction of sp³-hybridized carbons (Fsp3) is 0.308. The van der Waals surface area contributed by atoms with Gasteiger partial charge in [0.15, 0.2) is 0 Å². The van der Waals surface area contributed by atoms with Crippen molar-refractivity contribution in [3.63, 3.8) is 0 Å². The third-order valence-electron chi connectivity index (χ3n) is 5.33. The summed E-state index contributed by atoms with van der Waals surface area (Å²) >= 11 is 0. The number of unbranched alkanes of at least 4 members (excludes halogenated alkanes) is 2. The van der Waals surface area contributed by atoms with Gasteiger partial charge in [0.25, 0.3) is 8.32 Å². The van der Waals surface area contributed by atoms with Crippen LogP contribution in [0, 0.1) is 0 Å². The number of hydrogen-bond donors (Lipinski definition) is 0. The summed E-state index contributed by atoms with van der Waals surface area (Å²) in [5, 5.41) is 4.04. The molecule has 0 bridgehead atoms. The van der Waals surface area contributed by atoms with E-state index in [0.717, 1.165) is 0 Å². The Morgan fingerprint density at radius 3 is 1.24 bits per heavy atom. The highest BCUT2D eigenvalue weighted by molar-refractivity contribution is 7.55. The first-order valence-corrected chi connectivity index (χ1v) is 14.5. The van der Waals surface area contributed by atoms with Crippen LogP contribution in [-0.4, -0.2) is 20.6 Å². The van der Waals surface area contributed by atoms with Gasteiger partial charge in [-0.25, -0.2) is 0 Å². The van der Waals surface area contributed by atoms with E-state index >= 15 is 0 Å². The fourth-order valence-electron chi connectivity index (χ4n) is 3.74. The van der Waals surface area contributed by atoms with Gasteiger partial charge in [0, 0.05) is 8.15 Å². The third-order valence-corrected chi connectivity index (χ3v) is 12.5. The Labute approximate surface area is 179 Å². The van der Waals surface area contributed by atoms with Crippen LogP contribution in [0.3, 0.4) is 0 Å². The first-order chi connectivity index (χ1) is 14.3. The van der Waals surface area contributed by atoms with Crippen LogP contribution in [0.1, 0.15) is 39.5 Å². The van der Waals surface area contributed by atoms with E-state index in [1.165, 1.54) is 53.6 Å². The molecule has 3 rings (SSSR count). The van der Waals surface area contributed by atoms with Gasteiger partial charge < -0.3 is 4.21 Å².